The van der Waals surface area contributed by atoms with Crippen LogP contribution in [0.25, 0.3) is 11.0 Å². The van der Waals surface area contributed by atoms with Crippen LogP contribution < -0.4 is 4.74 Å². The summed E-state index contributed by atoms with van der Waals surface area (Å²) in [6.45, 7) is 1.27. The Morgan fingerprint density at radius 2 is 2.09 bits per heavy atom. The first-order chi connectivity index (χ1) is 11.0. The Labute approximate surface area is 132 Å². The third kappa shape index (κ3) is 2.03. The highest BCUT2D eigenvalue weighted by Crippen LogP contribution is 2.34. The fourth-order valence-electron chi connectivity index (χ4n) is 3.21. The smallest absolute Gasteiger partial charge is 0.410 e. The first-order valence-electron chi connectivity index (χ1n) is 7.31. The Hall–Kier alpha value is -2.70. The number of nitrogens with zero attached hydrogens (tertiary/aromatic N) is 2. The number of fused-ring (bicyclic) bond motifs is 1. The minimum Gasteiger partial charge on any atom is -0.493 e. The Bertz CT molecular complexity index is 806. The fraction of sp³-hybridized carbons (Fsp3) is 0.375. The summed E-state index contributed by atoms with van der Waals surface area (Å²) >= 11 is 0. The van der Waals surface area contributed by atoms with Crippen molar-refractivity contribution in [2.24, 2.45) is 0 Å². The number of furan rings is 1. The number of ether oxygens (including phenoxy) is 2. The van der Waals surface area contributed by atoms with Gasteiger partial charge in [-0.1, -0.05) is 12.1 Å². The summed E-state index contributed by atoms with van der Waals surface area (Å²) in [6.07, 6.45) is -0.342. The standard InChI is InChI=1S/C16H16N2O5/c1-17-7-16(23-15(17)20)8-18(9-16)14(19)12-6-10-4-3-5-11(21-2)13(10)22-12/h3-6H,7-9H2,1-2H3. The third-order valence-electron chi connectivity index (χ3n) is 4.32. The molecule has 7 heteroatoms. The molecule has 0 saturated carbocycles. The molecule has 1 aromatic heterocycles. The van der Waals surface area contributed by atoms with Crippen LogP contribution in [0.5, 0.6) is 5.75 Å². The molecule has 0 unspecified atom stereocenters. The molecule has 0 aliphatic carbocycles. The molecule has 2 aromatic rings. The lowest BCUT2D eigenvalue weighted by Gasteiger charge is -2.44. The summed E-state index contributed by atoms with van der Waals surface area (Å²) < 4.78 is 16.3. The van der Waals surface area contributed by atoms with Crippen molar-refractivity contribution >= 4 is 23.0 Å². The van der Waals surface area contributed by atoms with Gasteiger partial charge in [-0.3, -0.25) is 4.79 Å². The monoisotopic (exact) mass is 316 g/mol. The summed E-state index contributed by atoms with van der Waals surface area (Å²) in [5, 5.41) is 0.815. The van der Waals surface area contributed by atoms with Crippen LogP contribution in [0, 0.1) is 0 Å². The van der Waals surface area contributed by atoms with Gasteiger partial charge < -0.3 is 23.7 Å². The van der Waals surface area contributed by atoms with Crippen LogP contribution in [0.1, 0.15) is 10.6 Å². The predicted octanol–water partition coefficient (Wildman–Crippen LogP) is 1.72. The lowest BCUT2D eigenvalue weighted by Crippen LogP contribution is -2.65. The van der Waals surface area contributed by atoms with Gasteiger partial charge in [0.1, 0.15) is 0 Å². The van der Waals surface area contributed by atoms with Gasteiger partial charge in [-0.2, -0.15) is 0 Å². The molecule has 23 heavy (non-hydrogen) atoms. The summed E-state index contributed by atoms with van der Waals surface area (Å²) in [5.41, 5.74) is -0.00816. The zero-order valence-corrected chi connectivity index (χ0v) is 12.9. The molecule has 0 atom stereocenters. The van der Waals surface area contributed by atoms with Crippen molar-refractivity contribution in [3.63, 3.8) is 0 Å². The van der Waals surface area contributed by atoms with E-state index in [2.05, 4.69) is 0 Å². The Morgan fingerprint density at radius 3 is 2.74 bits per heavy atom. The number of amides is 2. The van der Waals surface area contributed by atoms with Crippen LogP contribution in [0.2, 0.25) is 0 Å². The molecule has 1 spiro atoms. The van der Waals surface area contributed by atoms with Crippen molar-refractivity contribution < 1.29 is 23.5 Å². The molecular weight excluding hydrogens is 300 g/mol. The highest BCUT2D eigenvalue weighted by molar-refractivity contribution is 5.98. The van der Waals surface area contributed by atoms with Crippen molar-refractivity contribution in [2.45, 2.75) is 5.60 Å². The van der Waals surface area contributed by atoms with Crippen LogP contribution in [-0.2, 0) is 4.74 Å². The lowest BCUT2D eigenvalue weighted by molar-refractivity contribution is -0.0590. The number of para-hydroxylation sites is 1. The molecule has 1 aromatic carbocycles. The summed E-state index contributed by atoms with van der Waals surface area (Å²) in [6, 6.07) is 7.20. The molecule has 4 rings (SSSR count). The van der Waals surface area contributed by atoms with Crippen LogP contribution >= 0.6 is 0 Å². The molecule has 120 valence electrons. The predicted molar refractivity (Wildman–Crippen MR) is 80.5 cm³/mol. The summed E-state index contributed by atoms with van der Waals surface area (Å²) in [5.74, 6) is 0.643. The molecule has 2 aliphatic rings. The van der Waals surface area contributed by atoms with Gasteiger partial charge in [0, 0.05) is 12.4 Å². The van der Waals surface area contributed by atoms with Gasteiger partial charge in [-0.25, -0.2) is 4.79 Å². The van der Waals surface area contributed by atoms with Crippen LogP contribution in [0.15, 0.2) is 28.7 Å². The number of likely N-dealkylation sites (tertiary alicyclic amines) is 1. The molecule has 2 saturated heterocycles. The van der Waals surface area contributed by atoms with E-state index in [0.29, 0.717) is 31.0 Å². The van der Waals surface area contributed by atoms with Gasteiger partial charge in [-0.05, 0) is 12.1 Å². The van der Waals surface area contributed by atoms with E-state index < -0.39 is 5.60 Å². The van der Waals surface area contributed by atoms with Crippen LogP contribution in [0.4, 0.5) is 4.79 Å². The molecule has 2 aliphatic heterocycles. The maximum atomic E-state index is 12.5. The second-order valence-electron chi connectivity index (χ2n) is 6.06. The van der Waals surface area contributed by atoms with E-state index in [1.807, 2.05) is 12.1 Å². The summed E-state index contributed by atoms with van der Waals surface area (Å²) in [4.78, 5) is 27.2. The Balaban J connectivity index is 1.54. The van der Waals surface area contributed by atoms with Gasteiger partial charge in [0.2, 0.25) is 0 Å². The Morgan fingerprint density at radius 1 is 1.30 bits per heavy atom. The first-order valence-corrected chi connectivity index (χ1v) is 7.31. The van der Waals surface area contributed by atoms with E-state index in [-0.39, 0.29) is 17.8 Å². The van der Waals surface area contributed by atoms with E-state index >= 15 is 0 Å². The lowest BCUT2D eigenvalue weighted by atomic mass is 9.94. The zero-order valence-electron chi connectivity index (χ0n) is 12.9. The molecule has 0 bridgehead atoms. The first kappa shape index (κ1) is 13.9. The van der Waals surface area contributed by atoms with Gasteiger partial charge in [-0.15, -0.1) is 0 Å². The topological polar surface area (TPSA) is 72.2 Å². The number of hydrogen-bond donors (Lipinski definition) is 0. The summed E-state index contributed by atoms with van der Waals surface area (Å²) in [7, 11) is 3.25. The van der Waals surface area contributed by atoms with Crippen molar-refractivity contribution in [3.05, 3.63) is 30.0 Å². The maximum absolute atomic E-state index is 12.5. The molecular formula is C16H16N2O5. The third-order valence-corrected chi connectivity index (χ3v) is 4.32. The number of hydrogen-bond acceptors (Lipinski definition) is 5. The van der Waals surface area contributed by atoms with E-state index in [1.54, 1.807) is 31.2 Å². The van der Waals surface area contributed by atoms with Crippen molar-refractivity contribution in [2.75, 3.05) is 33.8 Å². The van der Waals surface area contributed by atoms with Gasteiger partial charge in [0.25, 0.3) is 5.91 Å². The Kier molecular flexibility index (Phi) is 2.81. The molecule has 0 radical (unpaired) electrons. The normalized spacial score (nSPS) is 19.1. The molecule has 7 nitrogen and oxygen atoms in total. The maximum Gasteiger partial charge on any atom is 0.410 e. The molecule has 3 heterocycles. The van der Waals surface area contributed by atoms with Crippen LogP contribution in [0.3, 0.4) is 0 Å². The average Bonchev–Trinajstić information content (AvgIpc) is 3.06. The van der Waals surface area contributed by atoms with E-state index in [0.717, 1.165) is 5.39 Å². The van der Waals surface area contributed by atoms with Gasteiger partial charge >= 0.3 is 6.09 Å². The number of carbonyl (C=O) groups is 2. The number of methoxy groups -OCH3 is 1. The van der Waals surface area contributed by atoms with Gasteiger partial charge in [0.15, 0.2) is 22.7 Å². The van der Waals surface area contributed by atoms with E-state index in [9.17, 15) is 9.59 Å². The van der Waals surface area contributed by atoms with Gasteiger partial charge in [0.05, 0.1) is 26.7 Å². The number of rotatable bonds is 2. The average molecular weight is 316 g/mol. The molecule has 0 N–H and O–H groups in total. The number of carbonyl (C=O) groups excluding carboxylic acids is 2. The molecule has 2 fully saturated rings. The quantitative estimate of drug-likeness (QED) is 0.843. The van der Waals surface area contributed by atoms with Crippen molar-refractivity contribution in [3.8, 4) is 5.75 Å². The van der Waals surface area contributed by atoms with Crippen molar-refractivity contribution in [1.82, 2.24) is 9.80 Å². The second-order valence-corrected chi connectivity index (χ2v) is 6.06. The van der Waals surface area contributed by atoms with E-state index in [1.165, 1.54) is 4.90 Å². The highest BCUT2D eigenvalue weighted by Gasteiger charge is 2.54. The second kappa shape index (κ2) is 4.65. The molecule has 2 amide bonds. The number of likely N-dealkylation sites (N-methyl/N-ethyl adjacent to an activating group) is 1. The SMILES string of the molecule is COc1cccc2cc(C(=O)N3CC4(CN(C)C(=O)O4)C3)oc12. The van der Waals surface area contributed by atoms with Crippen molar-refractivity contribution in [1.29, 1.82) is 0 Å². The highest BCUT2D eigenvalue weighted by atomic mass is 16.6. The van der Waals surface area contributed by atoms with E-state index in [4.69, 9.17) is 13.9 Å². The minimum absolute atomic E-state index is 0.209. The largest absolute Gasteiger partial charge is 0.493 e. The zero-order chi connectivity index (χ0) is 16.2. The minimum atomic E-state index is -0.564. The van der Waals surface area contributed by atoms with Crippen LogP contribution in [-0.4, -0.2) is 61.2 Å². The fourth-order valence-corrected chi connectivity index (χ4v) is 3.21. The number of benzene rings is 1.